The number of nitrogens with zero attached hydrogens (tertiary/aromatic N) is 1. The molecule has 21 heavy (non-hydrogen) atoms. The summed E-state index contributed by atoms with van der Waals surface area (Å²) < 4.78 is 1.18. The van der Waals surface area contributed by atoms with E-state index in [4.69, 9.17) is 10.8 Å². The first kappa shape index (κ1) is 14.5. The molecule has 0 radical (unpaired) electrons. The number of aromatic carboxylic acids is 1. The highest BCUT2D eigenvalue weighted by Gasteiger charge is 2.12. The fraction of sp³-hybridized carbons (Fsp3) is 0.133. The van der Waals surface area contributed by atoms with Crippen molar-refractivity contribution >= 4 is 11.9 Å². The summed E-state index contributed by atoms with van der Waals surface area (Å²) in [7, 11) is 0. The maximum atomic E-state index is 11.9. The largest absolute Gasteiger partial charge is 0.477 e. The Morgan fingerprint density at radius 3 is 2.52 bits per heavy atom. The van der Waals surface area contributed by atoms with Crippen LogP contribution >= 0.6 is 0 Å². The van der Waals surface area contributed by atoms with Crippen LogP contribution in [0.1, 0.15) is 32.0 Å². The van der Waals surface area contributed by atoms with Crippen molar-refractivity contribution in [2.75, 3.05) is 0 Å². The minimum absolute atomic E-state index is 0.0825. The summed E-state index contributed by atoms with van der Waals surface area (Å²) in [5.41, 5.74) is 6.60. The van der Waals surface area contributed by atoms with Gasteiger partial charge in [0.1, 0.15) is 5.69 Å². The van der Waals surface area contributed by atoms with Crippen LogP contribution in [0.3, 0.4) is 0 Å². The van der Waals surface area contributed by atoms with Crippen molar-refractivity contribution in [3.63, 3.8) is 0 Å². The lowest BCUT2D eigenvalue weighted by molar-refractivity contribution is 0.0683. The fourth-order valence-corrected chi connectivity index (χ4v) is 2.07. The SMILES string of the molecule is Cc1cc(C(N)=O)ccc1Cn1c(C(=O)O)cccc1=O. The van der Waals surface area contributed by atoms with Crippen LogP contribution in [0, 0.1) is 6.92 Å². The van der Waals surface area contributed by atoms with Crippen molar-refractivity contribution in [1.82, 2.24) is 4.57 Å². The molecule has 1 amide bonds. The highest BCUT2D eigenvalue weighted by Crippen LogP contribution is 2.13. The van der Waals surface area contributed by atoms with Gasteiger partial charge >= 0.3 is 5.97 Å². The Morgan fingerprint density at radius 1 is 1.24 bits per heavy atom. The molecule has 0 aliphatic heterocycles. The molecular weight excluding hydrogens is 272 g/mol. The Labute approximate surface area is 120 Å². The summed E-state index contributed by atoms with van der Waals surface area (Å²) in [6.45, 7) is 1.89. The van der Waals surface area contributed by atoms with Crippen LogP contribution in [0.2, 0.25) is 0 Å². The molecule has 0 aliphatic carbocycles. The molecule has 0 fully saturated rings. The van der Waals surface area contributed by atoms with E-state index in [1.54, 1.807) is 25.1 Å². The maximum absolute atomic E-state index is 11.9. The average Bonchev–Trinajstić information content (AvgIpc) is 2.42. The first-order valence-electron chi connectivity index (χ1n) is 6.22. The number of amides is 1. The third-order valence-corrected chi connectivity index (χ3v) is 3.22. The molecule has 0 unspecified atom stereocenters. The molecule has 0 saturated heterocycles. The van der Waals surface area contributed by atoms with Gasteiger partial charge in [0.25, 0.3) is 5.56 Å². The van der Waals surface area contributed by atoms with Gasteiger partial charge in [-0.2, -0.15) is 0 Å². The van der Waals surface area contributed by atoms with Crippen LogP contribution in [-0.4, -0.2) is 21.6 Å². The van der Waals surface area contributed by atoms with E-state index in [9.17, 15) is 14.4 Å². The summed E-state index contributed by atoms with van der Waals surface area (Å²) in [4.78, 5) is 34.1. The fourth-order valence-electron chi connectivity index (χ4n) is 2.07. The van der Waals surface area contributed by atoms with E-state index in [1.165, 1.54) is 22.8 Å². The molecule has 0 spiro atoms. The van der Waals surface area contributed by atoms with Crippen molar-refractivity contribution in [2.45, 2.75) is 13.5 Å². The first-order chi connectivity index (χ1) is 9.90. The number of nitrogens with two attached hydrogens (primary N) is 1. The highest BCUT2D eigenvalue weighted by atomic mass is 16.4. The van der Waals surface area contributed by atoms with Gasteiger partial charge in [0.05, 0.1) is 6.54 Å². The molecule has 2 rings (SSSR count). The molecule has 108 valence electrons. The number of carbonyl (C=O) groups excluding carboxylic acids is 1. The molecule has 0 atom stereocenters. The van der Waals surface area contributed by atoms with E-state index in [1.807, 2.05) is 0 Å². The highest BCUT2D eigenvalue weighted by molar-refractivity contribution is 5.93. The summed E-state index contributed by atoms with van der Waals surface area (Å²) in [6, 6.07) is 8.92. The molecule has 2 aromatic rings. The van der Waals surface area contributed by atoms with E-state index in [-0.39, 0.29) is 12.2 Å². The number of benzene rings is 1. The van der Waals surface area contributed by atoms with Crippen molar-refractivity contribution in [3.05, 3.63) is 69.1 Å². The predicted molar refractivity (Wildman–Crippen MR) is 76.5 cm³/mol. The Hall–Kier alpha value is -2.89. The van der Waals surface area contributed by atoms with Crippen molar-refractivity contribution in [3.8, 4) is 0 Å². The third kappa shape index (κ3) is 3.00. The van der Waals surface area contributed by atoms with Gasteiger partial charge < -0.3 is 10.8 Å². The Morgan fingerprint density at radius 2 is 1.95 bits per heavy atom. The van der Waals surface area contributed by atoms with Gasteiger partial charge in [-0.3, -0.25) is 14.2 Å². The zero-order chi connectivity index (χ0) is 15.6. The van der Waals surface area contributed by atoms with Crippen molar-refractivity contribution < 1.29 is 14.7 Å². The van der Waals surface area contributed by atoms with Crippen LogP contribution in [0.5, 0.6) is 0 Å². The zero-order valence-corrected chi connectivity index (χ0v) is 11.4. The van der Waals surface area contributed by atoms with E-state index >= 15 is 0 Å². The van der Waals surface area contributed by atoms with Crippen LogP contribution in [-0.2, 0) is 6.54 Å². The second kappa shape index (κ2) is 5.62. The molecule has 1 heterocycles. The van der Waals surface area contributed by atoms with Crippen molar-refractivity contribution in [1.29, 1.82) is 0 Å². The standard InChI is InChI=1S/C15H14N2O4/c1-9-7-10(14(16)19)5-6-11(9)8-17-12(15(20)21)3-2-4-13(17)18/h2-7H,8H2,1H3,(H2,16,19)(H,20,21). The second-order valence-corrected chi connectivity index (χ2v) is 4.65. The lowest BCUT2D eigenvalue weighted by Gasteiger charge is -2.12. The summed E-state index contributed by atoms with van der Waals surface area (Å²) in [5.74, 6) is -1.70. The van der Waals surface area contributed by atoms with Gasteiger partial charge in [-0.1, -0.05) is 12.1 Å². The van der Waals surface area contributed by atoms with Crippen LogP contribution in [0.4, 0.5) is 0 Å². The van der Waals surface area contributed by atoms with Crippen LogP contribution in [0.25, 0.3) is 0 Å². The quantitative estimate of drug-likeness (QED) is 0.875. The van der Waals surface area contributed by atoms with E-state index in [0.717, 1.165) is 11.1 Å². The number of aromatic nitrogens is 1. The minimum atomic E-state index is -1.17. The number of carboxylic acid groups (broad SMARTS) is 1. The predicted octanol–water partition coefficient (Wildman–Crippen LogP) is 1.00. The zero-order valence-electron chi connectivity index (χ0n) is 11.4. The smallest absolute Gasteiger partial charge is 0.352 e. The lowest BCUT2D eigenvalue weighted by atomic mass is 10.0. The lowest BCUT2D eigenvalue weighted by Crippen LogP contribution is -2.25. The van der Waals surface area contributed by atoms with Crippen LogP contribution in [0.15, 0.2) is 41.2 Å². The topological polar surface area (TPSA) is 102 Å². The van der Waals surface area contributed by atoms with Gasteiger partial charge in [-0.15, -0.1) is 0 Å². The number of hydrogen-bond donors (Lipinski definition) is 2. The van der Waals surface area contributed by atoms with Gasteiger partial charge in [-0.05, 0) is 36.2 Å². The van der Waals surface area contributed by atoms with E-state index in [2.05, 4.69) is 0 Å². The number of pyridine rings is 1. The van der Waals surface area contributed by atoms with Gasteiger partial charge in [0, 0.05) is 11.6 Å². The second-order valence-electron chi connectivity index (χ2n) is 4.65. The van der Waals surface area contributed by atoms with E-state index < -0.39 is 17.4 Å². The average molecular weight is 286 g/mol. The number of primary amides is 1. The number of carbonyl (C=O) groups is 2. The number of carboxylic acids is 1. The molecule has 6 heteroatoms. The number of aryl methyl sites for hydroxylation is 1. The maximum Gasteiger partial charge on any atom is 0.352 e. The molecule has 1 aromatic carbocycles. The van der Waals surface area contributed by atoms with E-state index in [0.29, 0.717) is 5.56 Å². The van der Waals surface area contributed by atoms with Gasteiger partial charge in [-0.25, -0.2) is 4.79 Å². The normalized spacial score (nSPS) is 10.3. The Balaban J connectivity index is 2.46. The number of rotatable bonds is 4. The summed E-state index contributed by atoms with van der Waals surface area (Å²) >= 11 is 0. The summed E-state index contributed by atoms with van der Waals surface area (Å²) in [6.07, 6.45) is 0. The molecule has 1 aromatic heterocycles. The van der Waals surface area contributed by atoms with Crippen LogP contribution < -0.4 is 11.3 Å². The first-order valence-corrected chi connectivity index (χ1v) is 6.22. The molecule has 0 saturated carbocycles. The van der Waals surface area contributed by atoms with Crippen molar-refractivity contribution in [2.24, 2.45) is 5.73 Å². The molecular formula is C15H14N2O4. The molecule has 0 aliphatic rings. The van der Waals surface area contributed by atoms with Gasteiger partial charge in [0.2, 0.25) is 5.91 Å². The summed E-state index contributed by atoms with van der Waals surface area (Å²) in [5, 5.41) is 9.13. The Kier molecular flexibility index (Phi) is 3.89. The Bertz CT molecular complexity index is 777. The third-order valence-electron chi connectivity index (χ3n) is 3.22. The number of hydrogen-bond acceptors (Lipinski definition) is 3. The molecule has 6 nitrogen and oxygen atoms in total. The molecule has 0 bridgehead atoms. The van der Waals surface area contributed by atoms with Gasteiger partial charge in [0.15, 0.2) is 0 Å². The molecule has 3 N–H and O–H groups in total. The minimum Gasteiger partial charge on any atom is -0.477 e. The monoisotopic (exact) mass is 286 g/mol.